The molecule has 0 unspecified atom stereocenters. The predicted molar refractivity (Wildman–Crippen MR) is 107 cm³/mol. The van der Waals surface area contributed by atoms with Gasteiger partial charge in [0.2, 0.25) is 0 Å². The normalized spacial score (nSPS) is 16.0. The molecule has 0 atom stereocenters. The van der Waals surface area contributed by atoms with Gasteiger partial charge in [-0.1, -0.05) is 25.1 Å². The van der Waals surface area contributed by atoms with Crippen molar-refractivity contribution in [3.63, 3.8) is 0 Å². The third-order valence-corrected chi connectivity index (χ3v) is 5.98. The molecule has 0 saturated carbocycles. The molecule has 0 radical (unpaired) electrons. The van der Waals surface area contributed by atoms with Crippen molar-refractivity contribution < 1.29 is 0 Å². The maximum absolute atomic E-state index is 9.56. The molecule has 3 aromatic rings. The van der Waals surface area contributed by atoms with E-state index in [9.17, 15) is 5.26 Å². The van der Waals surface area contributed by atoms with Crippen molar-refractivity contribution in [2.45, 2.75) is 13.5 Å². The summed E-state index contributed by atoms with van der Waals surface area (Å²) in [5.41, 5.74) is 3.43. The third kappa shape index (κ3) is 3.49. The Bertz CT molecular complexity index is 948. The zero-order valence-electron chi connectivity index (χ0n) is 15.0. The lowest BCUT2D eigenvalue weighted by Gasteiger charge is -2.33. The fraction of sp³-hybridized carbons (Fsp3) is 0.333. The SMILES string of the molecule is CCN1CCN(Cc2cc(-c3nc4ccccc4cc3C#N)cs2)CC1. The number of hydrogen-bond acceptors (Lipinski definition) is 5. The summed E-state index contributed by atoms with van der Waals surface area (Å²) in [5, 5.41) is 12.7. The van der Waals surface area contributed by atoms with Crippen LogP contribution in [-0.2, 0) is 6.54 Å². The second kappa shape index (κ2) is 7.55. The molecule has 26 heavy (non-hydrogen) atoms. The number of hydrogen-bond donors (Lipinski definition) is 0. The minimum Gasteiger partial charge on any atom is -0.301 e. The Kier molecular flexibility index (Phi) is 4.98. The summed E-state index contributed by atoms with van der Waals surface area (Å²) >= 11 is 1.76. The van der Waals surface area contributed by atoms with Crippen LogP contribution in [0.1, 0.15) is 17.4 Å². The highest BCUT2D eigenvalue weighted by Gasteiger charge is 2.17. The Labute approximate surface area is 158 Å². The molecule has 1 aliphatic rings. The first-order chi connectivity index (χ1) is 12.8. The van der Waals surface area contributed by atoms with E-state index in [1.165, 1.54) is 4.88 Å². The molecule has 1 aliphatic heterocycles. The Morgan fingerprint density at radius 3 is 2.65 bits per heavy atom. The average Bonchev–Trinajstić information content (AvgIpc) is 3.15. The first-order valence-electron chi connectivity index (χ1n) is 9.09. The molecule has 1 fully saturated rings. The fourth-order valence-electron chi connectivity index (χ4n) is 3.49. The molecule has 4 rings (SSSR count). The standard InChI is InChI=1S/C21H22N4S/c1-2-24-7-9-25(10-8-24)14-19-12-18(15-26-19)21-17(13-22)11-16-5-3-4-6-20(16)23-21/h3-6,11-12,15H,2,7-10,14H2,1H3. The highest BCUT2D eigenvalue weighted by atomic mass is 32.1. The van der Waals surface area contributed by atoms with E-state index in [2.05, 4.69) is 34.2 Å². The van der Waals surface area contributed by atoms with E-state index in [-0.39, 0.29) is 0 Å². The third-order valence-electron chi connectivity index (χ3n) is 5.06. The number of nitrogens with zero attached hydrogens (tertiary/aromatic N) is 4. The number of para-hydroxylation sites is 1. The van der Waals surface area contributed by atoms with E-state index < -0.39 is 0 Å². The number of benzene rings is 1. The van der Waals surface area contributed by atoms with Gasteiger partial charge in [-0.3, -0.25) is 4.90 Å². The Morgan fingerprint density at radius 2 is 1.88 bits per heavy atom. The topological polar surface area (TPSA) is 43.2 Å². The molecule has 1 aromatic carbocycles. The number of pyridine rings is 1. The van der Waals surface area contributed by atoms with E-state index in [0.717, 1.165) is 61.4 Å². The number of rotatable bonds is 4. The first kappa shape index (κ1) is 17.2. The van der Waals surface area contributed by atoms with Crippen molar-refractivity contribution >= 4 is 22.2 Å². The smallest absolute Gasteiger partial charge is 0.101 e. The number of aromatic nitrogens is 1. The van der Waals surface area contributed by atoms with E-state index in [0.29, 0.717) is 5.56 Å². The van der Waals surface area contributed by atoms with E-state index in [1.807, 2.05) is 30.3 Å². The van der Waals surface area contributed by atoms with Crippen LogP contribution in [0.15, 0.2) is 41.8 Å². The fourth-order valence-corrected chi connectivity index (χ4v) is 4.40. The second-order valence-corrected chi connectivity index (χ2v) is 7.70. The highest BCUT2D eigenvalue weighted by Crippen LogP contribution is 2.30. The van der Waals surface area contributed by atoms with Crippen LogP contribution in [-0.4, -0.2) is 47.5 Å². The van der Waals surface area contributed by atoms with Crippen molar-refractivity contribution in [1.82, 2.24) is 14.8 Å². The summed E-state index contributed by atoms with van der Waals surface area (Å²) in [6.45, 7) is 8.90. The lowest BCUT2D eigenvalue weighted by Crippen LogP contribution is -2.45. The van der Waals surface area contributed by atoms with Crippen LogP contribution in [0, 0.1) is 11.3 Å². The maximum Gasteiger partial charge on any atom is 0.101 e. The molecule has 5 heteroatoms. The average molecular weight is 363 g/mol. The van der Waals surface area contributed by atoms with Crippen molar-refractivity contribution in [3.8, 4) is 17.3 Å². The Balaban J connectivity index is 1.56. The number of likely N-dealkylation sites (N-methyl/N-ethyl adjacent to an activating group) is 1. The molecule has 0 amide bonds. The van der Waals surface area contributed by atoms with E-state index in [4.69, 9.17) is 4.98 Å². The molecule has 4 nitrogen and oxygen atoms in total. The monoisotopic (exact) mass is 362 g/mol. The van der Waals surface area contributed by atoms with Gasteiger partial charge in [0.05, 0.1) is 16.8 Å². The van der Waals surface area contributed by atoms with Crippen molar-refractivity contribution in [3.05, 3.63) is 52.2 Å². The van der Waals surface area contributed by atoms with Gasteiger partial charge < -0.3 is 4.90 Å². The molecule has 0 N–H and O–H groups in total. The van der Waals surface area contributed by atoms with Gasteiger partial charge >= 0.3 is 0 Å². The van der Waals surface area contributed by atoms with Gasteiger partial charge in [0.25, 0.3) is 0 Å². The summed E-state index contributed by atoms with van der Waals surface area (Å²) in [4.78, 5) is 11.1. The largest absolute Gasteiger partial charge is 0.301 e. The summed E-state index contributed by atoms with van der Waals surface area (Å²) in [5.74, 6) is 0. The van der Waals surface area contributed by atoms with Gasteiger partial charge in [0.15, 0.2) is 0 Å². The summed E-state index contributed by atoms with van der Waals surface area (Å²) < 4.78 is 0. The predicted octanol–water partition coefficient (Wildman–Crippen LogP) is 3.97. The lowest BCUT2D eigenvalue weighted by atomic mass is 10.1. The molecule has 0 bridgehead atoms. The van der Waals surface area contributed by atoms with E-state index in [1.54, 1.807) is 11.3 Å². The summed E-state index contributed by atoms with van der Waals surface area (Å²) in [6, 6.07) is 14.4. The number of fused-ring (bicyclic) bond motifs is 1. The highest BCUT2D eigenvalue weighted by molar-refractivity contribution is 7.10. The zero-order chi connectivity index (χ0) is 17.9. The first-order valence-corrected chi connectivity index (χ1v) is 9.97. The van der Waals surface area contributed by atoms with Gasteiger partial charge in [-0.15, -0.1) is 11.3 Å². The zero-order valence-corrected chi connectivity index (χ0v) is 15.8. The minimum atomic E-state index is 0.643. The van der Waals surface area contributed by atoms with Gasteiger partial charge in [0, 0.05) is 53.9 Å². The van der Waals surface area contributed by atoms with Crippen LogP contribution < -0.4 is 0 Å². The Morgan fingerprint density at radius 1 is 1.12 bits per heavy atom. The number of thiophene rings is 1. The maximum atomic E-state index is 9.56. The molecule has 1 saturated heterocycles. The Hall–Kier alpha value is -2.26. The molecular formula is C21H22N4S. The molecule has 0 aliphatic carbocycles. The molecule has 3 heterocycles. The van der Waals surface area contributed by atoms with E-state index >= 15 is 0 Å². The van der Waals surface area contributed by atoms with Gasteiger partial charge in [-0.2, -0.15) is 5.26 Å². The van der Waals surface area contributed by atoms with Gasteiger partial charge in [-0.25, -0.2) is 4.98 Å². The van der Waals surface area contributed by atoms with Gasteiger partial charge in [0.1, 0.15) is 6.07 Å². The summed E-state index contributed by atoms with van der Waals surface area (Å²) in [7, 11) is 0. The number of piperazine rings is 1. The van der Waals surface area contributed by atoms with Crippen molar-refractivity contribution in [2.24, 2.45) is 0 Å². The molecular weight excluding hydrogens is 340 g/mol. The van der Waals surface area contributed by atoms with Crippen molar-refractivity contribution in [2.75, 3.05) is 32.7 Å². The summed E-state index contributed by atoms with van der Waals surface area (Å²) in [6.07, 6.45) is 0. The van der Waals surface area contributed by atoms with Crippen LogP contribution in [0.5, 0.6) is 0 Å². The number of nitriles is 1. The molecule has 2 aromatic heterocycles. The molecule has 132 valence electrons. The van der Waals surface area contributed by atoms with Crippen LogP contribution in [0.2, 0.25) is 0 Å². The lowest BCUT2D eigenvalue weighted by molar-refractivity contribution is 0.133. The van der Waals surface area contributed by atoms with Gasteiger partial charge in [-0.05, 0) is 24.7 Å². The van der Waals surface area contributed by atoms with Crippen LogP contribution in [0.25, 0.3) is 22.2 Å². The minimum absolute atomic E-state index is 0.643. The quantitative estimate of drug-likeness (QED) is 0.704. The second-order valence-electron chi connectivity index (χ2n) is 6.70. The van der Waals surface area contributed by atoms with Crippen LogP contribution in [0.4, 0.5) is 0 Å². The van der Waals surface area contributed by atoms with Crippen LogP contribution in [0.3, 0.4) is 0 Å². The van der Waals surface area contributed by atoms with Crippen LogP contribution >= 0.6 is 11.3 Å². The molecule has 0 spiro atoms. The van der Waals surface area contributed by atoms with Crippen molar-refractivity contribution in [1.29, 1.82) is 5.26 Å².